The Morgan fingerprint density at radius 3 is 2.70 bits per heavy atom. The third-order valence-corrected chi connectivity index (χ3v) is 5.43. The minimum atomic E-state index is -0.645. The summed E-state index contributed by atoms with van der Waals surface area (Å²) in [6.45, 7) is 2.37. The first-order valence-electron chi connectivity index (χ1n) is 9.03. The van der Waals surface area contributed by atoms with Gasteiger partial charge in [-0.05, 0) is 64.7 Å². The Balaban J connectivity index is 1.64. The molecule has 1 saturated carbocycles. The van der Waals surface area contributed by atoms with Crippen LogP contribution in [0.4, 0.5) is 0 Å². The van der Waals surface area contributed by atoms with Gasteiger partial charge in [-0.3, -0.25) is 4.79 Å². The quantitative estimate of drug-likeness (QED) is 0.637. The van der Waals surface area contributed by atoms with Crippen molar-refractivity contribution in [3.63, 3.8) is 0 Å². The van der Waals surface area contributed by atoms with Gasteiger partial charge in [0.15, 0.2) is 0 Å². The highest BCUT2D eigenvalue weighted by Gasteiger charge is 2.49. The second kappa shape index (κ2) is 6.90. The lowest BCUT2D eigenvalue weighted by Gasteiger charge is -2.34. The zero-order valence-electron chi connectivity index (χ0n) is 14.1. The van der Waals surface area contributed by atoms with Gasteiger partial charge >= 0.3 is 5.97 Å². The molecular formula is C19H27NO3. The maximum Gasteiger partial charge on any atom is 0.335 e. The zero-order valence-corrected chi connectivity index (χ0v) is 14.1. The van der Waals surface area contributed by atoms with Crippen LogP contribution < -0.4 is 5.32 Å². The lowest BCUT2D eigenvalue weighted by Crippen LogP contribution is -2.41. The van der Waals surface area contributed by atoms with Gasteiger partial charge in [-0.25, -0.2) is 4.79 Å². The number of ether oxygens (including phenoxy) is 1. The van der Waals surface area contributed by atoms with Crippen LogP contribution in [-0.2, 0) is 14.3 Å². The Hall–Kier alpha value is -1.58. The van der Waals surface area contributed by atoms with Crippen LogP contribution in [0.15, 0.2) is 22.8 Å². The highest BCUT2D eigenvalue weighted by Crippen LogP contribution is 2.43. The number of allylic oxidation sites excluding steroid dienone is 1. The van der Waals surface area contributed by atoms with E-state index in [1.165, 1.54) is 24.8 Å². The van der Waals surface area contributed by atoms with Crippen molar-refractivity contribution < 1.29 is 14.3 Å². The van der Waals surface area contributed by atoms with Crippen molar-refractivity contribution in [2.75, 3.05) is 6.54 Å². The van der Waals surface area contributed by atoms with Crippen LogP contribution in [0.5, 0.6) is 0 Å². The van der Waals surface area contributed by atoms with E-state index in [4.69, 9.17) is 4.74 Å². The van der Waals surface area contributed by atoms with Gasteiger partial charge in [0.25, 0.3) is 5.91 Å². The molecule has 126 valence electrons. The molecule has 0 aromatic carbocycles. The van der Waals surface area contributed by atoms with E-state index in [9.17, 15) is 9.59 Å². The molecule has 0 aromatic rings. The Morgan fingerprint density at radius 2 is 2.00 bits per heavy atom. The van der Waals surface area contributed by atoms with Crippen molar-refractivity contribution >= 4 is 11.9 Å². The first-order chi connectivity index (χ1) is 11.1. The number of nitrogens with one attached hydrogen (secondary N) is 1. The van der Waals surface area contributed by atoms with Crippen molar-refractivity contribution in [3.8, 4) is 0 Å². The summed E-state index contributed by atoms with van der Waals surface area (Å²) in [6, 6.07) is 0. The number of esters is 1. The lowest BCUT2D eigenvalue weighted by atomic mass is 9.78. The molecule has 0 atom stereocenters. The molecule has 4 nitrogen and oxygen atoms in total. The van der Waals surface area contributed by atoms with Crippen molar-refractivity contribution in [1.29, 1.82) is 0 Å². The molecule has 4 heteroatoms. The fourth-order valence-electron chi connectivity index (χ4n) is 4.16. The number of rotatable bonds is 4. The van der Waals surface area contributed by atoms with E-state index < -0.39 is 5.60 Å². The van der Waals surface area contributed by atoms with Crippen LogP contribution >= 0.6 is 0 Å². The smallest absolute Gasteiger partial charge is 0.335 e. The summed E-state index contributed by atoms with van der Waals surface area (Å²) >= 11 is 0. The van der Waals surface area contributed by atoms with Gasteiger partial charge in [0.2, 0.25) is 0 Å². The summed E-state index contributed by atoms with van der Waals surface area (Å²) < 4.78 is 5.65. The molecule has 1 heterocycles. The van der Waals surface area contributed by atoms with Crippen LogP contribution in [-0.4, -0.2) is 24.0 Å². The minimum absolute atomic E-state index is 0.105. The molecule has 1 aliphatic heterocycles. The largest absolute Gasteiger partial charge is 0.451 e. The van der Waals surface area contributed by atoms with E-state index in [2.05, 4.69) is 11.4 Å². The Kier molecular flexibility index (Phi) is 4.88. The maximum atomic E-state index is 12.7. The minimum Gasteiger partial charge on any atom is -0.451 e. The molecule has 3 rings (SSSR count). The first kappa shape index (κ1) is 16.3. The highest BCUT2D eigenvalue weighted by atomic mass is 16.6. The van der Waals surface area contributed by atoms with E-state index in [-0.39, 0.29) is 11.9 Å². The summed E-state index contributed by atoms with van der Waals surface area (Å²) in [5.74, 6) is -0.418. The van der Waals surface area contributed by atoms with Crippen molar-refractivity contribution in [3.05, 3.63) is 22.8 Å². The number of carbonyl (C=O) groups is 2. The summed E-state index contributed by atoms with van der Waals surface area (Å²) in [5.41, 5.74) is 1.91. The topological polar surface area (TPSA) is 55.4 Å². The molecule has 0 aromatic heterocycles. The van der Waals surface area contributed by atoms with Crippen LogP contribution in [0, 0.1) is 0 Å². The number of carbonyl (C=O) groups excluding carboxylic acids is 2. The van der Waals surface area contributed by atoms with Crippen molar-refractivity contribution in [2.45, 2.75) is 76.7 Å². The fraction of sp³-hybridized carbons (Fsp3) is 0.684. The normalized spacial score (nSPS) is 23.7. The average molecular weight is 317 g/mol. The van der Waals surface area contributed by atoms with Gasteiger partial charge < -0.3 is 10.1 Å². The standard InChI is InChI=1S/C19H27NO3/c1-14-16(19(23-18(14)22)11-6-3-7-12-19)17(21)20-13-10-15-8-4-2-5-9-15/h8H,2-7,9-13H2,1H3,(H,20,21). The molecular weight excluding hydrogens is 290 g/mol. The van der Waals surface area contributed by atoms with Crippen molar-refractivity contribution in [1.82, 2.24) is 5.32 Å². The van der Waals surface area contributed by atoms with Gasteiger partial charge in [-0.1, -0.05) is 18.1 Å². The molecule has 2 aliphatic carbocycles. The SMILES string of the molecule is CC1=C(C(=O)NCCC2=CCCCC2)C2(CCCCC2)OC1=O. The van der Waals surface area contributed by atoms with Gasteiger partial charge in [0.1, 0.15) is 5.60 Å². The molecule has 0 saturated heterocycles. The van der Waals surface area contributed by atoms with Gasteiger partial charge in [0.05, 0.1) is 5.57 Å². The van der Waals surface area contributed by atoms with Crippen LogP contribution in [0.1, 0.15) is 71.1 Å². The van der Waals surface area contributed by atoms with E-state index >= 15 is 0 Å². The summed E-state index contributed by atoms with van der Waals surface area (Å²) in [4.78, 5) is 24.7. The molecule has 1 fully saturated rings. The summed E-state index contributed by atoms with van der Waals surface area (Å²) in [5, 5.41) is 3.02. The number of amides is 1. The predicted molar refractivity (Wildman–Crippen MR) is 88.8 cm³/mol. The Labute approximate surface area is 138 Å². The molecule has 1 N–H and O–H groups in total. The van der Waals surface area contributed by atoms with Gasteiger partial charge in [0, 0.05) is 12.1 Å². The van der Waals surface area contributed by atoms with E-state index in [0.29, 0.717) is 17.7 Å². The van der Waals surface area contributed by atoms with E-state index in [1.54, 1.807) is 6.92 Å². The highest BCUT2D eigenvalue weighted by molar-refractivity contribution is 6.07. The fourth-order valence-corrected chi connectivity index (χ4v) is 4.16. The maximum absolute atomic E-state index is 12.7. The van der Waals surface area contributed by atoms with Crippen molar-refractivity contribution in [2.24, 2.45) is 0 Å². The third-order valence-electron chi connectivity index (χ3n) is 5.43. The summed E-state index contributed by atoms with van der Waals surface area (Å²) in [7, 11) is 0. The predicted octanol–water partition coefficient (Wildman–Crippen LogP) is 3.57. The average Bonchev–Trinajstić information content (AvgIpc) is 2.79. The van der Waals surface area contributed by atoms with Gasteiger partial charge in [-0.2, -0.15) is 0 Å². The number of hydrogen-bond acceptors (Lipinski definition) is 3. The first-order valence-corrected chi connectivity index (χ1v) is 9.03. The summed E-state index contributed by atoms with van der Waals surface area (Å²) in [6.07, 6.45) is 12.8. The van der Waals surface area contributed by atoms with Crippen LogP contribution in [0.2, 0.25) is 0 Å². The second-order valence-electron chi connectivity index (χ2n) is 7.06. The molecule has 0 unspecified atom stereocenters. The molecule has 0 radical (unpaired) electrons. The zero-order chi connectivity index (χ0) is 16.3. The Bertz CT molecular complexity index is 553. The third kappa shape index (κ3) is 3.36. The van der Waals surface area contributed by atoms with E-state index in [1.807, 2.05) is 0 Å². The monoisotopic (exact) mass is 317 g/mol. The molecule has 1 spiro atoms. The number of hydrogen-bond donors (Lipinski definition) is 1. The molecule has 23 heavy (non-hydrogen) atoms. The lowest BCUT2D eigenvalue weighted by molar-refractivity contribution is -0.149. The molecule has 1 amide bonds. The Morgan fingerprint density at radius 1 is 1.22 bits per heavy atom. The molecule has 3 aliphatic rings. The van der Waals surface area contributed by atoms with Crippen LogP contribution in [0.3, 0.4) is 0 Å². The molecule has 0 bridgehead atoms. The second-order valence-corrected chi connectivity index (χ2v) is 7.06. The van der Waals surface area contributed by atoms with Crippen LogP contribution in [0.25, 0.3) is 0 Å². The van der Waals surface area contributed by atoms with E-state index in [0.717, 1.165) is 44.9 Å². The van der Waals surface area contributed by atoms with Gasteiger partial charge in [-0.15, -0.1) is 0 Å².